The van der Waals surface area contributed by atoms with E-state index >= 15 is 0 Å². The average Bonchev–Trinajstić information content (AvgIpc) is 3.01. The topological polar surface area (TPSA) is 91.1 Å². The summed E-state index contributed by atoms with van der Waals surface area (Å²) in [5.74, 6) is -0.153. The summed E-state index contributed by atoms with van der Waals surface area (Å²) in [6.45, 7) is 0. The first-order valence-corrected chi connectivity index (χ1v) is 13.4. The zero-order valence-electron chi connectivity index (χ0n) is 24.2. The number of anilines is 2. The van der Waals surface area contributed by atoms with Gasteiger partial charge in [0.2, 0.25) is 11.6 Å². The van der Waals surface area contributed by atoms with Crippen LogP contribution in [0.3, 0.4) is 0 Å². The summed E-state index contributed by atoms with van der Waals surface area (Å²) in [7, 11) is 7.99. The van der Waals surface area contributed by atoms with Gasteiger partial charge in [0, 0.05) is 82.6 Å². The van der Waals surface area contributed by atoms with Gasteiger partial charge in [-0.1, -0.05) is 0 Å². The molecule has 2 heterocycles. The van der Waals surface area contributed by atoms with Crippen LogP contribution in [0.5, 0.6) is 0 Å². The quantitative estimate of drug-likeness (QED) is 0.249. The summed E-state index contributed by atoms with van der Waals surface area (Å²) in [6.07, 6.45) is 9.77. The molecular weight excluding hydrogens is 627 g/mol. The molecule has 0 saturated heterocycles. The van der Waals surface area contributed by atoms with E-state index in [0.29, 0.717) is 11.4 Å². The van der Waals surface area contributed by atoms with Crippen LogP contribution in [0.1, 0.15) is 32.1 Å². The predicted molar refractivity (Wildman–Crippen MR) is 169 cm³/mol. The zero-order valence-corrected chi connectivity index (χ0v) is 25.9. The van der Waals surface area contributed by atoms with E-state index in [1.165, 1.54) is 12.2 Å². The Morgan fingerprint density at radius 2 is 0.907 bits per heavy atom. The second kappa shape index (κ2) is 13.9. The molecule has 9 heteroatoms. The molecule has 0 unspecified atom stereocenters. The van der Waals surface area contributed by atoms with Crippen LogP contribution in [0.25, 0.3) is 0 Å². The normalized spacial score (nSPS) is 14.8. The van der Waals surface area contributed by atoms with Crippen LogP contribution in [0.2, 0.25) is 0 Å². The third-order valence-electron chi connectivity index (χ3n) is 6.65. The summed E-state index contributed by atoms with van der Waals surface area (Å²) in [6, 6.07) is 23.3. The number of hydrogen-bond donors (Lipinski definition) is 0. The summed E-state index contributed by atoms with van der Waals surface area (Å²) < 4.78 is 0. The number of rotatable bonds is 4. The smallest absolute Gasteiger partial charge is 0.204 e. The van der Waals surface area contributed by atoms with Crippen molar-refractivity contribution < 1.29 is 29.1 Å². The Labute approximate surface area is 264 Å². The number of ketones is 2. The SMILES string of the molecule is CN(C)c1ccc(N=C2C=CC(=O)c3ncccc32)cc1.CN(C)c1ccc(N=C2C=CC(=O)c3ncccc32)cc1.[Rh]. The molecule has 8 nitrogen and oxygen atoms in total. The van der Waals surface area contributed by atoms with Crippen molar-refractivity contribution in [3.05, 3.63) is 132 Å². The predicted octanol–water partition coefficient (Wildman–Crippen LogP) is 6.04. The fraction of sp³-hybridized carbons (Fsp3) is 0.118. The standard InChI is InChI=1S/2C17H15N3O.Rh/c2*1-20(2)13-7-5-12(6-8-13)19-15-9-10-16(21)17-14(15)4-3-11-18-17;/h2*3-11H,1-2H3;. The molecule has 2 aromatic carbocycles. The Balaban J connectivity index is 0.000000192. The second-order valence-corrected chi connectivity index (χ2v) is 10.0. The summed E-state index contributed by atoms with van der Waals surface area (Å²) in [5.41, 5.74) is 7.95. The summed E-state index contributed by atoms with van der Waals surface area (Å²) >= 11 is 0. The van der Waals surface area contributed by atoms with Gasteiger partial charge >= 0.3 is 0 Å². The van der Waals surface area contributed by atoms with Crippen molar-refractivity contribution in [3.63, 3.8) is 0 Å². The van der Waals surface area contributed by atoms with Gasteiger partial charge in [-0.15, -0.1) is 0 Å². The Morgan fingerprint density at radius 1 is 0.535 bits per heavy atom. The van der Waals surface area contributed by atoms with Crippen LogP contribution in [0.15, 0.2) is 119 Å². The van der Waals surface area contributed by atoms with Gasteiger partial charge in [-0.05, 0) is 97.1 Å². The maximum atomic E-state index is 11.8. The first-order valence-electron chi connectivity index (χ1n) is 13.4. The Hall–Kier alpha value is -4.88. The largest absolute Gasteiger partial charge is 0.378 e. The molecule has 0 atom stereocenters. The average molecular weight is 658 g/mol. The Bertz CT molecular complexity index is 1620. The van der Waals surface area contributed by atoms with Crippen LogP contribution in [-0.2, 0) is 19.5 Å². The monoisotopic (exact) mass is 657 g/mol. The van der Waals surface area contributed by atoms with Crippen molar-refractivity contribution in [2.24, 2.45) is 9.98 Å². The molecule has 0 saturated carbocycles. The van der Waals surface area contributed by atoms with Crippen LogP contribution >= 0.6 is 0 Å². The van der Waals surface area contributed by atoms with E-state index in [1.807, 2.05) is 111 Å². The molecular formula is C34H30N6O2Rh. The van der Waals surface area contributed by atoms with Crippen LogP contribution in [0.4, 0.5) is 22.7 Å². The van der Waals surface area contributed by atoms with Crippen molar-refractivity contribution in [1.82, 2.24) is 9.97 Å². The number of aliphatic imine (C=N–C) groups is 2. The number of aromatic nitrogens is 2. The molecule has 2 aliphatic rings. The van der Waals surface area contributed by atoms with Crippen molar-refractivity contribution in [2.75, 3.05) is 38.0 Å². The number of nitrogens with zero attached hydrogens (tertiary/aromatic N) is 6. The zero-order chi connectivity index (χ0) is 29.6. The van der Waals surface area contributed by atoms with Crippen LogP contribution in [-0.4, -0.2) is 61.1 Å². The van der Waals surface area contributed by atoms with Crippen LogP contribution < -0.4 is 9.80 Å². The Morgan fingerprint density at radius 3 is 1.26 bits per heavy atom. The van der Waals surface area contributed by atoms with Gasteiger partial charge in [0.25, 0.3) is 0 Å². The van der Waals surface area contributed by atoms with Crippen molar-refractivity contribution >= 4 is 45.7 Å². The molecule has 0 amide bonds. The number of hydrogen-bond acceptors (Lipinski definition) is 8. The summed E-state index contributed by atoms with van der Waals surface area (Å²) in [5, 5.41) is 0. The van der Waals surface area contributed by atoms with E-state index in [4.69, 9.17) is 0 Å². The molecule has 0 aliphatic heterocycles. The van der Waals surface area contributed by atoms with Crippen LogP contribution in [0, 0.1) is 0 Å². The first-order chi connectivity index (χ1) is 20.3. The number of allylic oxidation sites excluding steroid dienone is 4. The maximum absolute atomic E-state index is 11.8. The Kier molecular flexibility index (Phi) is 10.0. The maximum Gasteiger partial charge on any atom is 0.204 e. The van der Waals surface area contributed by atoms with Gasteiger partial charge in [0.1, 0.15) is 11.4 Å². The minimum Gasteiger partial charge on any atom is -0.378 e. The van der Waals surface area contributed by atoms with Crippen molar-refractivity contribution in [2.45, 2.75) is 0 Å². The van der Waals surface area contributed by atoms with Gasteiger partial charge in [-0.3, -0.25) is 19.6 Å². The summed E-state index contributed by atoms with van der Waals surface area (Å²) in [4.78, 5) is 45.2. The van der Waals surface area contributed by atoms with Gasteiger partial charge < -0.3 is 9.80 Å². The van der Waals surface area contributed by atoms with E-state index in [-0.39, 0.29) is 31.0 Å². The van der Waals surface area contributed by atoms with E-state index in [9.17, 15) is 9.59 Å². The number of fused-ring (bicyclic) bond motifs is 2. The molecule has 4 aromatic rings. The van der Waals surface area contributed by atoms with Gasteiger partial charge in [-0.25, -0.2) is 9.98 Å². The molecule has 1 radical (unpaired) electrons. The number of carbonyl (C=O) groups is 2. The minimum atomic E-state index is -0.0764. The molecule has 0 bridgehead atoms. The molecule has 2 aromatic heterocycles. The second-order valence-electron chi connectivity index (χ2n) is 10.0. The third kappa shape index (κ3) is 7.32. The number of benzene rings is 2. The molecule has 43 heavy (non-hydrogen) atoms. The fourth-order valence-corrected chi connectivity index (χ4v) is 4.39. The molecule has 6 rings (SSSR count). The molecule has 217 valence electrons. The van der Waals surface area contributed by atoms with E-state index in [1.54, 1.807) is 24.5 Å². The third-order valence-corrected chi connectivity index (χ3v) is 6.65. The molecule has 0 N–H and O–H groups in total. The minimum absolute atomic E-state index is 0. The molecule has 2 aliphatic carbocycles. The fourth-order valence-electron chi connectivity index (χ4n) is 4.39. The first kappa shape index (κ1) is 31.1. The van der Waals surface area contributed by atoms with E-state index < -0.39 is 0 Å². The van der Waals surface area contributed by atoms with Gasteiger partial charge in [0.15, 0.2) is 0 Å². The van der Waals surface area contributed by atoms with E-state index in [0.717, 1.165) is 45.3 Å². The van der Waals surface area contributed by atoms with Crippen molar-refractivity contribution in [1.29, 1.82) is 0 Å². The molecule has 0 spiro atoms. The van der Waals surface area contributed by atoms with E-state index in [2.05, 4.69) is 20.0 Å². The molecule has 0 fully saturated rings. The number of pyridine rings is 2. The van der Waals surface area contributed by atoms with Gasteiger partial charge in [0.05, 0.1) is 22.8 Å². The number of carbonyl (C=O) groups excluding carboxylic acids is 2. The van der Waals surface area contributed by atoms with Crippen molar-refractivity contribution in [3.8, 4) is 0 Å². The van der Waals surface area contributed by atoms with Gasteiger partial charge in [-0.2, -0.15) is 0 Å².